The zero-order valence-corrected chi connectivity index (χ0v) is 9.62. The van der Waals surface area contributed by atoms with E-state index in [4.69, 9.17) is 9.47 Å². The lowest BCUT2D eigenvalue weighted by Gasteiger charge is -2.22. The lowest BCUT2D eigenvalue weighted by molar-refractivity contribution is -0.0747. The van der Waals surface area contributed by atoms with Crippen molar-refractivity contribution >= 4 is 0 Å². The van der Waals surface area contributed by atoms with Crippen LogP contribution in [0.1, 0.15) is 27.2 Å². The average molecular weight is 202 g/mol. The second kappa shape index (κ2) is 6.98. The Morgan fingerprint density at radius 3 is 2.43 bits per heavy atom. The molecule has 0 aliphatic heterocycles. The van der Waals surface area contributed by atoms with Gasteiger partial charge in [0.15, 0.2) is 0 Å². The molecule has 14 heavy (non-hydrogen) atoms. The highest BCUT2D eigenvalue weighted by Gasteiger charge is 2.17. The highest BCUT2D eigenvalue weighted by Crippen LogP contribution is 2.17. The standard InChI is InChI=1S/C11H22O3/c1-8(2)11(12)9(3)6-10(4)14-7-13-5/h9-12H,1,6-7H2,2-5H3. The topological polar surface area (TPSA) is 38.7 Å². The van der Waals surface area contributed by atoms with Gasteiger partial charge in [-0.1, -0.05) is 19.1 Å². The van der Waals surface area contributed by atoms with E-state index in [9.17, 15) is 5.11 Å². The summed E-state index contributed by atoms with van der Waals surface area (Å²) in [6.07, 6.45) is 0.458. The van der Waals surface area contributed by atoms with Gasteiger partial charge < -0.3 is 14.6 Å². The molecule has 0 aliphatic carbocycles. The quantitative estimate of drug-likeness (QED) is 0.506. The van der Waals surface area contributed by atoms with Crippen LogP contribution in [0.3, 0.4) is 0 Å². The molecule has 0 saturated carbocycles. The Hall–Kier alpha value is -0.380. The molecule has 0 bridgehead atoms. The molecule has 0 amide bonds. The van der Waals surface area contributed by atoms with Crippen LogP contribution in [0.25, 0.3) is 0 Å². The monoisotopic (exact) mass is 202 g/mol. The van der Waals surface area contributed by atoms with Crippen molar-refractivity contribution in [3.05, 3.63) is 12.2 Å². The van der Waals surface area contributed by atoms with E-state index < -0.39 is 6.10 Å². The fourth-order valence-corrected chi connectivity index (χ4v) is 1.39. The Kier molecular flexibility index (Phi) is 6.79. The van der Waals surface area contributed by atoms with Gasteiger partial charge in [-0.3, -0.25) is 0 Å². The molecule has 0 saturated heterocycles. The zero-order chi connectivity index (χ0) is 11.1. The highest BCUT2D eigenvalue weighted by molar-refractivity contribution is 4.98. The van der Waals surface area contributed by atoms with E-state index in [0.717, 1.165) is 12.0 Å². The molecule has 0 spiro atoms. The van der Waals surface area contributed by atoms with Crippen molar-refractivity contribution in [2.75, 3.05) is 13.9 Å². The summed E-state index contributed by atoms with van der Waals surface area (Å²) in [6, 6.07) is 0. The predicted molar refractivity (Wildman–Crippen MR) is 57.0 cm³/mol. The molecule has 3 heteroatoms. The van der Waals surface area contributed by atoms with Crippen LogP contribution in [-0.4, -0.2) is 31.2 Å². The van der Waals surface area contributed by atoms with Crippen molar-refractivity contribution in [2.24, 2.45) is 5.92 Å². The van der Waals surface area contributed by atoms with Crippen molar-refractivity contribution in [1.29, 1.82) is 0 Å². The van der Waals surface area contributed by atoms with E-state index in [-0.39, 0.29) is 12.0 Å². The van der Waals surface area contributed by atoms with Gasteiger partial charge in [0.1, 0.15) is 6.79 Å². The summed E-state index contributed by atoms with van der Waals surface area (Å²) in [5.41, 5.74) is 0.802. The number of rotatable bonds is 7. The molecule has 0 fully saturated rings. The minimum atomic E-state index is -0.441. The fraction of sp³-hybridized carbons (Fsp3) is 0.818. The van der Waals surface area contributed by atoms with Gasteiger partial charge in [-0.25, -0.2) is 0 Å². The molecule has 0 radical (unpaired) electrons. The number of aliphatic hydroxyl groups excluding tert-OH is 1. The average Bonchev–Trinajstić information content (AvgIpc) is 2.13. The molecule has 0 aliphatic rings. The van der Waals surface area contributed by atoms with Gasteiger partial charge in [0.2, 0.25) is 0 Å². The second-order valence-electron chi connectivity index (χ2n) is 3.89. The Morgan fingerprint density at radius 1 is 1.43 bits per heavy atom. The van der Waals surface area contributed by atoms with Crippen LogP contribution < -0.4 is 0 Å². The van der Waals surface area contributed by atoms with Crippen LogP contribution in [0.15, 0.2) is 12.2 Å². The minimum absolute atomic E-state index is 0.0962. The van der Waals surface area contributed by atoms with E-state index in [1.165, 1.54) is 0 Å². The van der Waals surface area contributed by atoms with Crippen molar-refractivity contribution in [3.8, 4) is 0 Å². The number of hydrogen-bond acceptors (Lipinski definition) is 3. The van der Waals surface area contributed by atoms with Crippen molar-refractivity contribution < 1.29 is 14.6 Å². The number of methoxy groups -OCH3 is 1. The van der Waals surface area contributed by atoms with Gasteiger partial charge >= 0.3 is 0 Å². The summed E-state index contributed by atoms with van der Waals surface area (Å²) in [5, 5.41) is 9.68. The van der Waals surface area contributed by atoms with E-state index in [2.05, 4.69) is 6.58 Å². The normalized spacial score (nSPS) is 17.5. The molecular formula is C11H22O3. The first-order valence-electron chi connectivity index (χ1n) is 4.93. The molecular weight excluding hydrogens is 180 g/mol. The van der Waals surface area contributed by atoms with Crippen molar-refractivity contribution in [3.63, 3.8) is 0 Å². The first kappa shape index (κ1) is 13.6. The summed E-state index contributed by atoms with van der Waals surface area (Å²) < 4.78 is 10.1. The fourth-order valence-electron chi connectivity index (χ4n) is 1.39. The molecule has 3 unspecified atom stereocenters. The molecule has 1 N–H and O–H groups in total. The third-order valence-electron chi connectivity index (χ3n) is 2.22. The third-order valence-corrected chi connectivity index (χ3v) is 2.22. The van der Waals surface area contributed by atoms with Crippen LogP contribution in [0.4, 0.5) is 0 Å². The Morgan fingerprint density at radius 2 is 2.00 bits per heavy atom. The highest BCUT2D eigenvalue weighted by atomic mass is 16.7. The van der Waals surface area contributed by atoms with E-state index >= 15 is 0 Å². The molecule has 0 aromatic carbocycles. The summed E-state index contributed by atoms with van der Waals surface area (Å²) in [4.78, 5) is 0. The number of ether oxygens (including phenoxy) is 2. The first-order valence-corrected chi connectivity index (χ1v) is 4.93. The van der Waals surface area contributed by atoms with Crippen LogP contribution in [-0.2, 0) is 9.47 Å². The van der Waals surface area contributed by atoms with Crippen LogP contribution >= 0.6 is 0 Å². The van der Waals surface area contributed by atoms with Crippen LogP contribution in [0.5, 0.6) is 0 Å². The molecule has 0 aromatic rings. The zero-order valence-electron chi connectivity index (χ0n) is 9.62. The van der Waals surface area contributed by atoms with E-state index in [0.29, 0.717) is 6.79 Å². The lowest BCUT2D eigenvalue weighted by Crippen LogP contribution is -2.24. The van der Waals surface area contributed by atoms with Gasteiger partial charge in [0.25, 0.3) is 0 Å². The van der Waals surface area contributed by atoms with E-state index in [1.807, 2.05) is 20.8 Å². The molecule has 84 valence electrons. The maximum absolute atomic E-state index is 9.68. The first-order chi connectivity index (χ1) is 6.49. The molecule has 0 heterocycles. The second-order valence-corrected chi connectivity index (χ2v) is 3.89. The summed E-state index contributed by atoms with van der Waals surface area (Å²) in [7, 11) is 1.60. The summed E-state index contributed by atoms with van der Waals surface area (Å²) in [6.45, 7) is 9.83. The van der Waals surface area contributed by atoms with Crippen LogP contribution in [0.2, 0.25) is 0 Å². The van der Waals surface area contributed by atoms with Gasteiger partial charge in [0, 0.05) is 7.11 Å². The molecule has 3 atom stereocenters. The van der Waals surface area contributed by atoms with Crippen molar-refractivity contribution in [2.45, 2.75) is 39.4 Å². The molecule has 0 aromatic heterocycles. The van der Waals surface area contributed by atoms with Crippen molar-refractivity contribution in [1.82, 2.24) is 0 Å². The smallest absolute Gasteiger partial charge is 0.146 e. The van der Waals surface area contributed by atoms with Crippen LogP contribution in [0, 0.1) is 5.92 Å². The van der Waals surface area contributed by atoms with Gasteiger partial charge in [0.05, 0.1) is 12.2 Å². The van der Waals surface area contributed by atoms with E-state index in [1.54, 1.807) is 7.11 Å². The summed E-state index contributed by atoms with van der Waals surface area (Å²) in [5.74, 6) is 0.166. The lowest BCUT2D eigenvalue weighted by atomic mass is 9.94. The maximum atomic E-state index is 9.68. The molecule has 0 rings (SSSR count). The number of hydrogen-bond donors (Lipinski definition) is 1. The summed E-state index contributed by atoms with van der Waals surface area (Å²) >= 11 is 0. The SMILES string of the molecule is C=C(C)C(O)C(C)CC(C)OCOC. The predicted octanol–water partition coefficient (Wildman–Crippen LogP) is 1.96. The minimum Gasteiger partial charge on any atom is -0.389 e. The van der Waals surface area contributed by atoms with Gasteiger partial charge in [-0.05, 0) is 26.2 Å². The van der Waals surface area contributed by atoms with Gasteiger partial charge in [-0.2, -0.15) is 0 Å². The largest absolute Gasteiger partial charge is 0.389 e. The Bertz CT molecular complexity index is 168. The molecule has 3 nitrogen and oxygen atoms in total. The number of aliphatic hydroxyl groups is 1. The third kappa shape index (κ3) is 5.37. The van der Waals surface area contributed by atoms with Gasteiger partial charge in [-0.15, -0.1) is 0 Å². The maximum Gasteiger partial charge on any atom is 0.146 e. The Labute approximate surface area is 86.7 Å². The Balaban J connectivity index is 3.80.